The van der Waals surface area contributed by atoms with Crippen LogP contribution in [0.1, 0.15) is 44.2 Å². The lowest BCUT2D eigenvalue weighted by Crippen LogP contribution is -2.30. The predicted molar refractivity (Wildman–Crippen MR) is 79.0 cm³/mol. The van der Waals surface area contributed by atoms with E-state index in [2.05, 4.69) is 20.8 Å². The molecule has 0 radical (unpaired) electrons. The smallest absolute Gasteiger partial charge is 0.323 e. The van der Waals surface area contributed by atoms with Crippen molar-refractivity contribution in [3.05, 3.63) is 35.4 Å². The zero-order valence-electron chi connectivity index (χ0n) is 13.2. The molecule has 2 rings (SSSR count). The molecule has 4 heteroatoms. The highest BCUT2D eigenvalue weighted by Crippen LogP contribution is 2.60. The van der Waals surface area contributed by atoms with Gasteiger partial charge >= 0.3 is 11.9 Å². The number of carbonyl (C=O) groups is 2. The van der Waals surface area contributed by atoms with Gasteiger partial charge in [0.2, 0.25) is 0 Å². The number of methoxy groups -OCH3 is 2. The molecule has 0 heterocycles. The van der Waals surface area contributed by atoms with E-state index in [0.29, 0.717) is 6.42 Å². The van der Waals surface area contributed by atoms with Gasteiger partial charge in [-0.3, -0.25) is 9.59 Å². The Morgan fingerprint density at radius 3 is 1.90 bits per heavy atom. The van der Waals surface area contributed by atoms with Crippen LogP contribution in [0.25, 0.3) is 0 Å². The standard InChI is InChI=1S/C17H22O4/c1-16(2,3)12-8-6-11(7-9-12)13-10-17(13,14(18)20-4)15(19)21-5/h6-9,13H,10H2,1-5H3. The zero-order chi connectivity index (χ0) is 15.8. The van der Waals surface area contributed by atoms with Gasteiger partial charge in [-0.05, 0) is 23.0 Å². The van der Waals surface area contributed by atoms with E-state index >= 15 is 0 Å². The molecule has 1 unspecified atom stereocenters. The highest BCUT2D eigenvalue weighted by atomic mass is 16.5. The molecule has 0 spiro atoms. The molecule has 0 bridgehead atoms. The summed E-state index contributed by atoms with van der Waals surface area (Å²) in [6, 6.07) is 8.07. The maximum Gasteiger partial charge on any atom is 0.323 e. The van der Waals surface area contributed by atoms with Gasteiger partial charge < -0.3 is 9.47 Å². The summed E-state index contributed by atoms with van der Waals surface area (Å²) in [4.78, 5) is 24.0. The highest BCUT2D eigenvalue weighted by molar-refractivity contribution is 6.05. The lowest BCUT2D eigenvalue weighted by atomic mass is 9.86. The van der Waals surface area contributed by atoms with E-state index in [1.807, 2.05) is 24.3 Å². The molecule has 0 saturated heterocycles. The first-order chi connectivity index (χ1) is 9.77. The molecule has 1 atom stereocenters. The summed E-state index contributed by atoms with van der Waals surface area (Å²) in [5.74, 6) is -1.19. The Morgan fingerprint density at radius 1 is 1.05 bits per heavy atom. The van der Waals surface area contributed by atoms with Crippen LogP contribution < -0.4 is 0 Å². The van der Waals surface area contributed by atoms with Crippen LogP contribution >= 0.6 is 0 Å². The Kier molecular flexibility index (Phi) is 3.83. The van der Waals surface area contributed by atoms with Gasteiger partial charge in [0, 0.05) is 5.92 Å². The molecule has 1 fully saturated rings. The lowest BCUT2D eigenvalue weighted by Gasteiger charge is -2.19. The van der Waals surface area contributed by atoms with E-state index in [4.69, 9.17) is 9.47 Å². The van der Waals surface area contributed by atoms with Crippen LogP contribution in [0.5, 0.6) is 0 Å². The van der Waals surface area contributed by atoms with E-state index in [1.54, 1.807) is 0 Å². The lowest BCUT2D eigenvalue weighted by molar-refractivity contribution is -0.161. The molecule has 1 saturated carbocycles. The Labute approximate surface area is 125 Å². The predicted octanol–water partition coefficient (Wildman–Crippen LogP) is 2.80. The van der Waals surface area contributed by atoms with E-state index in [1.165, 1.54) is 19.8 Å². The van der Waals surface area contributed by atoms with Crippen LogP contribution in [-0.4, -0.2) is 26.2 Å². The monoisotopic (exact) mass is 290 g/mol. The first kappa shape index (κ1) is 15.5. The number of carbonyl (C=O) groups excluding carboxylic acids is 2. The molecule has 0 aliphatic heterocycles. The molecule has 4 nitrogen and oxygen atoms in total. The van der Waals surface area contributed by atoms with Crippen LogP contribution in [0.2, 0.25) is 0 Å². The molecule has 1 aromatic rings. The fraction of sp³-hybridized carbons (Fsp3) is 0.529. The summed E-state index contributed by atoms with van der Waals surface area (Å²) in [6.07, 6.45) is 0.446. The third-order valence-corrected chi connectivity index (χ3v) is 4.24. The van der Waals surface area contributed by atoms with Crippen LogP contribution in [0.3, 0.4) is 0 Å². The van der Waals surface area contributed by atoms with Gasteiger partial charge in [0.1, 0.15) is 0 Å². The number of benzene rings is 1. The van der Waals surface area contributed by atoms with E-state index in [0.717, 1.165) is 5.56 Å². The van der Waals surface area contributed by atoms with Crippen molar-refractivity contribution in [1.29, 1.82) is 0 Å². The normalized spacial score (nSPS) is 19.8. The minimum absolute atomic E-state index is 0.0733. The summed E-state index contributed by atoms with van der Waals surface area (Å²) >= 11 is 0. The summed E-state index contributed by atoms with van der Waals surface area (Å²) in [5, 5.41) is 0. The van der Waals surface area contributed by atoms with Gasteiger partial charge in [0.25, 0.3) is 0 Å². The van der Waals surface area contributed by atoms with Crippen molar-refractivity contribution in [2.24, 2.45) is 5.41 Å². The number of hydrogen-bond acceptors (Lipinski definition) is 4. The molecular formula is C17H22O4. The summed E-state index contributed by atoms with van der Waals surface area (Å²) < 4.78 is 9.58. The molecule has 114 valence electrons. The summed E-state index contributed by atoms with van der Waals surface area (Å²) in [6.45, 7) is 6.44. The quantitative estimate of drug-likeness (QED) is 0.634. The van der Waals surface area contributed by atoms with Gasteiger partial charge in [0.05, 0.1) is 14.2 Å². The van der Waals surface area contributed by atoms with Crippen molar-refractivity contribution >= 4 is 11.9 Å². The number of rotatable bonds is 3. The van der Waals surface area contributed by atoms with Crippen LogP contribution in [0.4, 0.5) is 0 Å². The topological polar surface area (TPSA) is 52.6 Å². The van der Waals surface area contributed by atoms with Crippen molar-refractivity contribution in [2.75, 3.05) is 14.2 Å². The maximum atomic E-state index is 12.0. The minimum atomic E-state index is -1.16. The number of ether oxygens (including phenoxy) is 2. The number of hydrogen-bond donors (Lipinski definition) is 0. The molecule has 21 heavy (non-hydrogen) atoms. The third kappa shape index (κ3) is 2.55. The zero-order valence-corrected chi connectivity index (χ0v) is 13.2. The highest BCUT2D eigenvalue weighted by Gasteiger charge is 2.68. The Balaban J connectivity index is 2.28. The van der Waals surface area contributed by atoms with Gasteiger partial charge in [-0.1, -0.05) is 45.0 Å². The van der Waals surface area contributed by atoms with Gasteiger partial charge in [-0.15, -0.1) is 0 Å². The molecule has 0 aromatic heterocycles. The summed E-state index contributed by atoms with van der Waals surface area (Å²) in [5.41, 5.74) is 1.10. The SMILES string of the molecule is COC(=O)C1(C(=O)OC)CC1c1ccc(C(C)(C)C)cc1. The molecule has 1 aliphatic carbocycles. The average molecular weight is 290 g/mol. The Morgan fingerprint density at radius 2 is 1.52 bits per heavy atom. The van der Waals surface area contributed by atoms with Crippen LogP contribution in [-0.2, 0) is 24.5 Å². The van der Waals surface area contributed by atoms with Gasteiger partial charge in [-0.2, -0.15) is 0 Å². The Hall–Kier alpha value is -1.84. The Bertz CT molecular complexity index is 535. The third-order valence-electron chi connectivity index (χ3n) is 4.24. The first-order valence-corrected chi connectivity index (χ1v) is 7.04. The second-order valence-electron chi connectivity index (χ2n) is 6.58. The van der Waals surface area contributed by atoms with Crippen molar-refractivity contribution in [2.45, 2.75) is 38.5 Å². The fourth-order valence-corrected chi connectivity index (χ4v) is 2.78. The van der Waals surface area contributed by atoms with E-state index in [9.17, 15) is 9.59 Å². The molecule has 0 amide bonds. The minimum Gasteiger partial charge on any atom is -0.468 e. The van der Waals surface area contributed by atoms with Crippen molar-refractivity contribution in [3.63, 3.8) is 0 Å². The van der Waals surface area contributed by atoms with Crippen molar-refractivity contribution < 1.29 is 19.1 Å². The van der Waals surface area contributed by atoms with E-state index in [-0.39, 0.29) is 11.3 Å². The van der Waals surface area contributed by atoms with Crippen molar-refractivity contribution in [1.82, 2.24) is 0 Å². The van der Waals surface area contributed by atoms with Gasteiger partial charge in [0.15, 0.2) is 5.41 Å². The van der Waals surface area contributed by atoms with Crippen LogP contribution in [0, 0.1) is 5.41 Å². The largest absolute Gasteiger partial charge is 0.468 e. The second kappa shape index (κ2) is 5.17. The molecule has 0 N–H and O–H groups in total. The molecular weight excluding hydrogens is 268 g/mol. The molecule has 1 aromatic carbocycles. The number of esters is 2. The first-order valence-electron chi connectivity index (χ1n) is 7.04. The summed E-state index contributed by atoms with van der Waals surface area (Å²) in [7, 11) is 2.59. The van der Waals surface area contributed by atoms with Gasteiger partial charge in [-0.25, -0.2) is 0 Å². The van der Waals surface area contributed by atoms with E-state index < -0.39 is 17.4 Å². The molecule has 1 aliphatic rings. The maximum absolute atomic E-state index is 12.0. The average Bonchev–Trinajstić information content (AvgIpc) is 3.21. The second-order valence-corrected chi connectivity index (χ2v) is 6.58. The van der Waals surface area contributed by atoms with Crippen molar-refractivity contribution in [3.8, 4) is 0 Å². The van der Waals surface area contributed by atoms with Crippen LogP contribution in [0.15, 0.2) is 24.3 Å². The fourth-order valence-electron chi connectivity index (χ4n) is 2.78.